The minimum atomic E-state index is -0.943. The van der Waals surface area contributed by atoms with Crippen LogP contribution in [0.25, 0.3) is 33.4 Å². The maximum Gasteiger partial charge on any atom is 0.335 e. The van der Waals surface area contributed by atoms with E-state index in [9.17, 15) is 9.59 Å². The Kier molecular flexibility index (Phi) is 7.69. The summed E-state index contributed by atoms with van der Waals surface area (Å²) >= 11 is 0. The molecule has 5 aromatic rings. The van der Waals surface area contributed by atoms with E-state index in [2.05, 4.69) is 48.5 Å². The summed E-state index contributed by atoms with van der Waals surface area (Å²) in [5.74, 6) is -1.89. The van der Waals surface area contributed by atoms with Gasteiger partial charge in [-0.25, -0.2) is 9.59 Å². The second-order valence-electron chi connectivity index (χ2n) is 8.07. The Balaban J connectivity index is 0.000000211. The average Bonchev–Trinajstić information content (AvgIpc) is 2.94. The summed E-state index contributed by atoms with van der Waals surface area (Å²) in [5, 5.41) is 17.9. The molecule has 0 heterocycles. The van der Waals surface area contributed by atoms with Crippen LogP contribution in [0.15, 0.2) is 133 Å². The number of carboxylic acids is 2. The first kappa shape index (κ1) is 24.2. The molecule has 0 spiro atoms. The summed E-state index contributed by atoms with van der Waals surface area (Å²) < 4.78 is 0. The Hall–Kier alpha value is -4.96. The lowest BCUT2D eigenvalue weighted by Crippen LogP contribution is -1.95. The van der Waals surface area contributed by atoms with E-state index < -0.39 is 11.9 Å². The van der Waals surface area contributed by atoms with Gasteiger partial charge in [-0.2, -0.15) is 0 Å². The van der Waals surface area contributed by atoms with Crippen LogP contribution in [-0.4, -0.2) is 22.2 Å². The molecule has 4 heteroatoms. The zero-order valence-electron chi connectivity index (χ0n) is 19.4. The number of hydrogen-bond acceptors (Lipinski definition) is 2. The van der Waals surface area contributed by atoms with Crippen molar-refractivity contribution in [1.82, 2.24) is 0 Å². The maximum atomic E-state index is 10.9. The van der Waals surface area contributed by atoms with Gasteiger partial charge in [-0.1, -0.05) is 109 Å². The summed E-state index contributed by atoms with van der Waals surface area (Å²) in [6.07, 6.45) is 0. The maximum absolute atomic E-state index is 10.9. The van der Waals surface area contributed by atoms with E-state index in [0.29, 0.717) is 0 Å². The molecule has 2 N–H and O–H groups in total. The van der Waals surface area contributed by atoms with Crippen LogP contribution in [0.5, 0.6) is 0 Å². The summed E-state index contributed by atoms with van der Waals surface area (Å²) in [6.45, 7) is 0. The third-order valence-corrected chi connectivity index (χ3v) is 5.70. The van der Waals surface area contributed by atoms with Gasteiger partial charge in [0.1, 0.15) is 0 Å². The number of aromatic carboxylic acids is 2. The molecule has 0 atom stereocenters. The van der Waals surface area contributed by atoms with Crippen LogP contribution in [-0.2, 0) is 0 Å². The lowest BCUT2D eigenvalue weighted by molar-refractivity contribution is 0.0686. The highest BCUT2D eigenvalue weighted by atomic mass is 16.4. The van der Waals surface area contributed by atoms with Crippen LogP contribution in [0.3, 0.4) is 0 Å². The number of hydrogen-bond donors (Lipinski definition) is 2. The highest BCUT2D eigenvalue weighted by Gasteiger charge is 2.05. The topological polar surface area (TPSA) is 74.6 Å². The molecule has 4 nitrogen and oxygen atoms in total. The van der Waals surface area contributed by atoms with Crippen molar-refractivity contribution in [3.63, 3.8) is 0 Å². The van der Waals surface area contributed by atoms with Gasteiger partial charge in [-0.15, -0.1) is 0 Å². The summed E-state index contributed by atoms with van der Waals surface area (Å²) in [5.41, 5.74) is 6.91. The minimum Gasteiger partial charge on any atom is -0.478 e. The van der Waals surface area contributed by atoms with E-state index in [1.165, 1.54) is 11.1 Å². The van der Waals surface area contributed by atoms with E-state index in [4.69, 9.17) is 10.2 Å². The molecule has 0 radical (unpaired) electrons. The third kappa shape index (κ3) is 6.13. The number of benzene rings is 5. The fraction of sp³-hybridized carbons (Fsp3) is 0. The van der Waals surface area contributed by atoms with Crippen LogP contribution < -0.4 is 0 Å². The van der Waals surface area contributed by atoms with Gasteiger partial charge in [0, 0.05) is 0 Å². The highest BCUT2D eigenvalue weighted by Crippen LogP contribution is 2.25. The molecule has 0 bridgehead atoms. The zero-order chi connectivity index (χ0) is 25.3. The summed E-state index contributed by atoms with van der Waals surface area (Å²) in [4.78, 5) is 21.8. The first-order valence-corrected chi connectivity index (χ1v) is 11.4. The van der Waals surface area contributed by atoms with Gasteiger partial charge in [0.15, 0.2) is 0 Å². The summed E-state index contributed by atoms with van der Waals surface area (Å²) in [7, 11) is 0. The average molecular weight is 473 g/mol. The van der Waals surface area contributed by atoms with Gasteiger partial charge in [-0.3, -0.25) is 0 Å². The van der Waals surface area contributed by atoms with Gasteiger partial charge in [-0.05, 0) is 57.6 Å². The van der Waals surface area contributed by atoms with Gasteiger partial charge in [0.2, 0.25) is 0 Å². The van der Waals surface area contributed by atoms with E-state index in [1.54, 1.807) is 48.5 Å². The molecule has 0 fully saturated rings. The molecular formula is C32H24O4. The molecule has 0 saturated carbocycles. The quantitative estimate of drug-likeness (QED) is 0.274. The fourth-order valence-electron chi connectivity index (χ4n) is 3.73. The van der Waals surface area contributed by atoms with Crippen LogP contribution in [0.4, 0.5) is 0 Å². The molecule has 0 aliphatic heterocycles. The molecule has 0 amide bonds. The Morgan fingerprint density at radius 1 is 0.333 bits per heavy atom. The minimum absolute atomic E-state index is 0.258. The molecule has 0 aliphatic rings. The van der Waals surface area contributed by atoms with Crippen molar-refractivity contribution in [2.75, 3.05) is 0 Å². The van der Waals surface area contributed by atoms with Crippen LogP contribution in [0, 0.1) is 0 Å². The van der Waals surface area contributed by atoms with Crippen molar-refractivity contribution < 1.29 is 19.8 Å². The van der Waals surface area contributed by atoms with Gasteiger partial charge in [0.25, 0.3) is 0 Å². The van der Waals surface area contributed by atoms with E-state index in [1.807, 2.05) is 36.4 Å². The van der Waals surface area contributed by atoms with Crippen LogP contribution in [0.2, 0.25) is 0 Å². The normalized spacial score (nSPS) is 10.1. The molecular weight excluding hydrogens is 448 g/mol. The summed E-state index contributed by atoms with van der Waals surface area (Å²) in [6, 6.07) is 42.0. The monoisotopic (exact) mass is 472 g/mol. The van der Waals surface area contributed by atoms with Gasteiger partial charge < -0.3 is 10.2 Å². The first-order valence-electron chi connectivity index (χ1n) is 11.4. The van der Waals surface area contributed by atoms with Crippen molar-refractivity contribution in [2.24, 2.45) is 0 Å². The number of carboxylic acid groups (broad SMARTS) is 2. The van der Waals surface area contributed by atoms with Crippen molar-refractivity contribution in [2.45, 2.75) is 0 Å². The molecule has 5 aromatic carbocycles. The first-order chi connectivity index (χ1) is 17.5. The number of carbonyl (C=O) groups is 2. The molecule has 36 heavy (non-hydrogen) atoms. The largest absolute Gasteiger partial charge is 0.478 e. The number of rotatable bonds is 5. The van der Waals surface area contributed by atoms with E-state index in [-0.39, 0.29) is 11.1 Å². The van der Waals surface area contributed by atoms with Crippen LogP contribution in [0.1, 0.15) is 20.7 Å². The zero-order valence-corrected chi connectivity index (χ0v) is 19.4. The molecule has 0 aliphatic carbocycles. The molecule has 176 valence electrons. The predicted octanol–water partition coefficient (Wildman–Crippen LogP) is 7.77. The van der Waals surface area contributed by atoms with Crippen molar-refractivity contribution in [3.05, 3.63) is 145 Å². The highest BCUT2D eigenvalue weighted by molar-refractivity contribution is 5.89. The second-order valence-corrected chi connectivity index (χ2v) is 8.07. The Morgan fingerprint density at radius 2 is 0.556 bits per heavy atom. The molecule has 5 rings (SSSR count). The predicted molar refractivity (Wildman–Crippen MR) is 143 cm³/mol. The molecule has 0 unspecified atom stereocenters. The smallest absolute Gasteiger partial charge is 0.335 e. The Bertz CT molecular complexity index is 1310. The van der Waals surface area contributed by atoms with Crippen LogP contribution >= 0.6 is 0 Å². The Morgan fingerprint density at radius 3 is 0.806 bits per heavy atom. The fourth-order valence-corrected chi connectivity index (χ4v) is 3.73. The van der Waals surface area contributed by atoms with Gasteiger partial charge in [0.05, 0.1) is 11.1 Å². The third-order valence-electron chi connectivity index (χ3n) is 5.70. The standard InChI is InChI=1S/C20H14O4.C12H10/c21-19(22)17-9-5-15(6-10-17)13-1-2-14(4-3-13)16-7-11-18(12-8-16)20(23)24;1-3-7-11(8-4-1)12-9-5-2-6-10-12/h1-12H,(H,21,22)(H,23,24);1-10H. The van der Waals surface area contributed by atoms with Crippen molar-refractivity contribution in [3.8, 4) is 33.4 Å². The SMILES string of the molecule is O=C(O)c1ccc(-c2ccc(-c3ccc(C(=O)O)cc3)cc2)cc1.c1ccc(-c2ccccc2)cc1. The van der Waals surface area contributed by atoms with E-state index in [0.717, 1.165) is 22.3 Å². The lowest BCUT2D eigenvalue weighted by Gasteiger charge is -2.06. The van der Waals surface area contributed by atoms with Crippen molar-refractivity contribution >= 4 is 11.9 Å². The van der Waals surface area contributed by atoms with E-state index >= 15 is 0 Å². The molecule has 0 aromatic heterocycles. The Labute approximate surface area is 209 Å². The van der Waals surface area contributed by atoms with Crippen molar-refractivity contribution in [1.29, 1.82) is 0 Å². The van der Waals surface area contributed by atoms with Gasteiger partial charge >= 0.3 is 11.9 Å². The lowest BCUT2D eigenvalue weighted by atomic mass is 9.99. The molecule has 0 saturated heterocycles. The second kappa shape index (κ2) is 11.4.